The molecule has 0 aromatic heterocycles. The van der Waals surface area contributed by atoms with Crippen molar-refractivity contribution in [3.05, 3.63) is 215 Å². The smallest absolute Gasteiger partial charge is 0.0340 e. The molecule has 0 nitrogen and oxygen atoms in total. The lowest BCUT2D eigenvalue weighted by Gasteiger charge is -2.57. The maximum atomic E-state index is 2.53. The van der Waals surface area contributed by atoms with E-state index in [-0.39, 0.29) is 11.3 Å². The zero-order valence-corrected chi connectivity index (χ0v) is 34.9. The van der Waals surface area contributed by atoms with Gasteiger partial charge in [-0.2, -0.15) is 0 Å². The molecule has 0 N–H and O–H groups in total. The van der Waals surface area contributed by atoms with E-state index < -0.39 is 0 Å². The van der Waals surface area contributed by atoms with Gasteiger partial charge in [0.1, 0.15) is 0 Å². The van der Waals surface area contributed by atoms with E-state index >= 15 is 0 Å². The Morgan fingerprint density at radius 3 is 1.63 bits per heavy atom. The third-order valence-corrected chi connectivity index (χ3v) is 15.6. The number of rotatable bonds is 7. The third kappa shape index (κ3) is 5.78. The molecule has 8 aromatic rings. The largest absolute Gasteiger partial charge is 0.0622 e. The molecule has 4 saturated carbocycles. The van der Waals surface area contributed by atoms with Gasteiger partial charge < -0.3 is 0 Å². The first kappa shape index (κ1) is 35.9. The van der Waals surface area contributed by atoms with Crippen molar-refractivity contribution in [1.29, 1.82) is 0 Å². The summed E-state index contributed by atoms with van der Waals surface area (Å²) in [5.74, 6) is 2.94. The van der Waals surface area contributed by atoms with Crippen molar-refractivity contribution < 1.29 is 0 Å². The molecule has 5 aliphatic carbocycles. The molecule has 4 bridgehead atoms. The molecule has 13 rings (SSSR count). The lowest BCUT2D eigenvalue weighted by molar-refractivity contribution is -0.00518. The summed E-state index contributed by atoms with van der Waals surface area (Å²) in [5.41, 5.74) is 19.1. The van der Waals surface area contributed by atoms with Crippen molar-refractivity contribution in [2.24, 2.45) is 17.8 Å². The van der Waals surface area contributed by atoms with Crippen LogP contribution in [0.25, 0.3) is 55.3 Å². The second-order valence-corrected chi connectivity index (χ2v) is 19.5. The molecule has 292 valence electrons. The molecule has 5 aliphatic rings. The summed E-state index contributed by atoms with van der Waals surface area (Å²) in [6, 6.07) is 69.4. The minimum Gasteiger partial charge on any atom is -0.0622 e. The van der Waals surface area contributed by atoms with Crippen LogP contribution in [0.15, 0.2) is 182 Å². The first-order valence-electron chi connectivity index (χ1n) is 22.5. The fourth-order valence-electron chi connectivity index (χ4n) is 13.2. The van der Waals surface area contributed by atoms with Crippen LogP contribution in [0.3, 0.4) is 0 Å². The predicted molar refractivity (Wildman–Crippen MR) is 251 cm³/mol. The third-order valence-electron chi connectivity index (χ3n) is 15.6. The average molecular weight is 773 g/mol. The molecular weight excluding hydrogens is 721 g/mol. The Bertz CT molecular complexity index is 2870. The number of hydrogen-bond donors (Lipinski definition) is 0. The first-order valence-corrected chi connectivity index (χ1v) is 22.5. The van der Waals surface area contributed by atoms with Gasteiger partial charge in [0.05, 0.1) is 0 Å². The van der Waals surface area contributed by atoms with Gasteiger partial charge in [-0.1, -0.05) is 196 Å². The van der Waals surface area contributed by atoms with E-state index in [0.717, 1.165) is 17.8 Å². The molecule has 0 amide bonds. The van der Waals surface area contributed by atoms with Gasteiger partial charge in [0.15, 0.2) is 0 Å². The lowest BCUT2D eigenvalue weighted by Crippen LogP contribution is -2.48. The molecule has 0 aliphatic heterocycles. The molecule has 60 heavy (non-hydrogen) atoms. The van der Waals surface area contributed by atoms with Crippen LogP contribution in [0.4, 0.5) is 0 Å². The standard InChI is InChI=1S/C60H52/c1-59(2)55-20-7-6-17-53(55)54-30-27-49(35-56(54)59)57(46-23-21-44(22-24-46)52-19-10-14-45-13-9-18-51(58(45)52)43-11-4-3-5-12-43)48-16-8-15-47(34-48)42-25-28-50(29-26-42)60-36-39-31-40(37-60)33-41(32-39)38-60/h3-30,34-35,39-41,57H,31-33,36-38H2,1-2H3. The fraction of sp³-hybridized carbons (Fsp3) is 0.233. The Morgan fingerprint density at radius 2 is 0.933 bits per heavy atom. The molecule has 0 spiro atoms. The van der Waals surface area contributed by atoms with Gasteiger partial charge >= 0.3 is 0 Å². The van der Waals surface area contributed by atoms with Crippen LogP contribution < -0.4 is 0 Å². The van der Waals surface area contributed by atoms with Crippen molar-refractivity contribution in [2.75, 3.05) is 0 Å². The summed E-state index contributed by atoms with van der Waals surface area (Å²) in [5, 5.41) is 2.57. The van der Waals surface area contributed by atoms with Gasteiger partial charge in [-0.15, -0.1) is 0 Å². The van der Waals surface area contributed by atoms with E-state index in [1.807, 2.05) is 0 Å². The Balaban J connectivity index is 0.949. The van der Waals surface area contributed by atoms with Crippen molar-refractivity contribution in [3.63, 3.8) is 0 Å². The van der Waals surface area contributed by atoms with Crippen LogP contribution in [-0.4, -0.2) is 0 Å². The molecule has 4 fully saturated rings. The molecule has 0 heterocycles. The number of hydrogen-bond acceptors (Lipinski definition) is 0. The maximum absolute atomic E-state index is 2.53. The van der Waals surface area contributed by atoms with Crippen LogP contribution in [0.5, 0.6) is 0 Å². The molecule has 0 heteroatoms. The van der Waals surface area contributed by atoms with E-state index in [0.29, 0.717) is 5.41 Å². The van der Waals surface area contributed by atoms with Gasteiger partial charge in [0, 0.05) is 11.3 Å². The summed E-state index contributed by atoms with van der Waals surface area (Å²) < 4.78 is 0. The van der Waals surface area contributed by atoms with E-state index in [2.05, 4.69) is 196 Å². The summed E-state index contributed by atoms with van der Waals surface area (Å²) in [6.07, 6.45) is 8.69. The fourth-order valence-corrected chi connectivity index (χ4v) is 13.2. The quantitative estimate of drug-likeness (QED) is 0.142. The van der Waals surface area contributed by atoms with Crippen LogP contribution in [-0.2, 0) is 10.8 Å². The summed E-state index contributed by atoms with van der Waals surface area (Å²) in [4.78, 5) is 0. The highest BCUT2D eigenvalue weighted by Crippen LogP contribution is 2.61. The SMILES string of the molecule is CC1(C)c2ccccc2-c2ccc(C(c3ccc(-c4cccc5cccc(-c6ccccc6)c45)cc3)c3cccc(-c4ccc(C56CC7CC(CC(C7)C5)C6)cc4)c3)cc21. The second kappa shape index (κ2) is 13.8. The topological polar surface area (TPSA) is 0 Å². The monoisotopic (exact) mass is 772 g/mol. The minimum absolute atomic E-state index is 0.0680. The van der Waals surface area contributed by atoms with Crippen molar-refractivity contribution in [3.8, 4) is 44.5 Å². The average Bonchev–Trinajstić information content (AvgIpc) is 3.51. The van der Waals surface area contributed by atoms with E-state index in [1.54, 1.807) is 5.56 Å². The van der Waals surface area contributed by atoms with Crippen molar-refractivity contribution in [2.45, 2.75) is 69.1 Å². The summed E-state index contributed by atoms with van der Waals surface area (Å²) >= 11 is 0. The molecule has 0 saturated heterocycles. The minimum atomic E-state index is -0.0680. The van der Waals surface area contributed by atoms with Crippen LogP contribution in [0.2, 0.25) is 0 Å². The van der Waals surface area contributed by atoms with E-state index in [1.165, 1.54) is 122 Å². The van der Waals surface area contributed by atoms with Gasteiger partial charge in [0.2, 0.25) is 0 Å². The van der Waals surface area contributed by atoms with Crippen LogP contribution >= 0.6 is 0 Å². The zero-order chi connectivity index (χ0) is 40.0. The van der Waals surface area contributed by atoms with Gasteiger partial charge in [-0.3, -0.25) is 0 Å². The lowest BCUT2D eigenvalue weighted by atomic mass is 9.48. The predicted octanol–water partition coefficient (Wildman–Crippen LogP) is 15.8. The Morgan fingerprint density at radius 1 is 0.400 bits per heavy atom. The Kier molecular flexibility index (Phi) is 8.25. The molecule has 1 atom stereocenters. The Labute approximate surface area is 356 Å². The number of fused-ring (bicyclic) bond motifs is 4. The van der Waals surface area contributed by atoms with Crippen molar-refractivity contribution in [1.82, 2.24) is 0 Å². The summed E-state index contributed by atoms with van der Waals surface area (Å²) in [7, 11) is 0. The molecular formula is C60H52. The van der Waals surface area contributed by atoms with Gasteiger partial charge in [-0.25, -0.2) is 0 Å². The van der Waals surface area contributed by atoms with Crippen molar-refractivity contribution >= 4 is 10.8 Å². The Hall–Kier alpha value is -5.98. The number of benzene rings is 8. The molecule has 8 aromatic carbocycles. The van der Waals surface area contributed by atoms with Crippen LogP contribution in [0, 0.1) is 17.8 Å². The highest BCUT2D eigenvalue weighted by Gasteiger charge is 2.51. The highest BCUT2D eigenvalue weighted by molar-refractivity contribution is 6.06. The normalized spacial score (nSPS) is 22.4. The highest BCUT2D eigenvalue weighted by atomic mass is 14.6. The molecule has 1 unspecified atom stereocenters. The van der Waals surface area contributed by atoms with Gasteiger partial charge in [0.25, 0.3) is 0 Å². The van der Waals surface area contributed by atoms with Gasteiger partial charge in [-0.05, 0) is 150 Å². The van der Waals surface area contributed by atoms with E-state index in [4.69, 9.17) is 0 Å². The van der Waals surface area contributed by atoms with Crippen LogP contribution in [0.1, 0.15) is 91.7 Å². The first-order chi connectivity index (χ1) is 29.4. The molecule has 0 radical (unpaired) electrons. The maximum Gasteiger partial charge on any atom is 0.0340 e. The van der Waals surface area contributed by atoms with E-state index in [9.17, 15) is 0 Å². The summed E-state index contributed by atoms with van der Waals surface area (Å²) in [6.45, 7) is 4.79. The zero-order valence-electron chi connectivity index (χ0n) is 34.9. The second-order valence-electron chi connectivity index (χ2n) is 19.5.